The lowest BCUT2D eigenvalue weighted by Crippen LogP contribution is -2.42. The Balaban J connectivity index is 2.67. The van der Waals surface area contributed by atoms with Crippen LogP contribution < -0.4 is 16.6 Å². The summed E-state index contributed by atoms with van der Waals surface area (Å²) in [6.07, 6.45) is 0. The second-order valence-electron chi connectivity index (χ2n) is 4.36. The molecule has 8 nitrogen and oxygen atoms in total. The summed E-state index contributed by atoms with van der Waals surface area (Å²) >= 11 is 0. The summed E-state index contributed by atoms with van der Waals surface area (Å²) in [5, 5.41) is 19.8. The lowest BCUT2D eigenvalue weighted by molar-refractivity contribution is 0.0938. The van der Waals surface area contributed by atoms with Gasteiger partial charge in [0.25, 0.3) is 11.5 Å². The summed E-state index contributed by atoms with van der Waals surface area (Å²) in [6, 6.07) is 2.52. The molecule has 0 bridgehead atoms. The van der Waals surface area contributed by atoms with Crippen LogP contribution in [-0.4, -0.2) is 33.7 Å². The molecule has 0 radical (unpaired) electrons. The number of aromatic amines is 1. The van der Waals surface area contributed by atoms with E-state index in [9.17, 15) is 9.59 Å². The lowest BCUT2D eigenvalue weighted by Gasteiger charge is -2.22. The molecule has 0 aliphatic heterocycles. The number of oxime groups is 1. The van der Waals surface area contributed by atoms with Gasteiger partial charge in [0.15, 0.2) is 0 Å². The zero-order valence-corrected chi connectivity index (χ0v) is 10.1. The van der Waals surface area contributed by atoms with Gasteiger partial charge in [-0.15, -0.1) is 0 Å². The number of rotatable bonds is 4. The van der Waals surface area contributed by atoms with E-state index >= 15 is 0 Å². The van der Waals surface area contributed by atoms with Crippen LogP contribution in [-0.2, 0) is 0 Å². The van der Waals surface area contributed by atoms with Gasteiger partial charge in [0.2, 0.25) is 0 Å². The van der Waals surface area contributed by atoms with Gasteiger partial charge in [-0.25, -0.2) is 5.10 Å². The normalized spacial score (nSPS) is 12.2. The van der Waals surface area contributed by atoms with Gasteiger partial charge in [-0.05, 0) is 6.07 Å². The third kappa shape index (κ3) is 3.30. The molecule has 98 valence electrons. The van der Waals surface area contributed by atoms with E-state index in [1.807, 2.05) is 0 Å². The molecule has 0 saturated carbocycles. The van der Waals surface area contributed by atoms with Crippen LogP contribution in [0.5, 0.6) is 0 Å². The molecule has 0 aliphatic carbocycles. The fourth-order valence-electron chi connectivity index (χ4n) is 1.09. The van der Waals surface area contributed by atoms with Gasteiger partial charge < -0.3 is 16.3 Å². The van der Waals surface area contributed by atoms with E-state index in [2.05, 4.69) is 20.7 Å². The van der Waals surface area contributed by atoms with Gasteiger partial charge in [0, 0.05) is 18.0 Å². The predicted molar refractivity (Wildman–Crippen MR) is 64.4 cm³/mol. The minimum absolute atomic E-state index is 0.0113. The second kappa shape index (κ2) is 5.30. The zero-order valence-electron chi connectivity index (χ0n) is 10.1. The van der Waals surface area contributed by atoms with Crippen molar-refractivity contribution in [3.63, 3.8) is 0 Å². The zero-order chi connectivity index (χ0) is 13.8. The van der Waals surface area contributed by atoms with Crippen LogP contribution in [0.15, 0.2) is 22.1 Å². The number of hydrogen-bond donors (Lipinski definition) is 4. The molecule has 0 aliphatic rings. The van der Waals surface area contributed by atoms with E-state index in [1.165, 1.54) is 12.1 Å². The van der Waals surface area contributed by atoms with E-state index in [-0.39, 0.29) is 23.6 Å². The smallest absolute Gasteiger partial charge is 0.271 e. The molecule has 1 aromatic heterocycles. The summed E-state index contributed by atoms with van der Waals surface area (Å²) in [5.41, 5.74) is 4.50. The Morgan fingerprint density at radius 3 is 2.78 bits per heavy atom. The minimum atomic E-state index is -0.688. The molecule has 5 N–H and O–H groups in total. The highest BCUT2D eigenvalue weighted by Gasteiger charge is 2.24. The van der Waals surface area contributed by atoms with Crippen LogP contribution in [0, 0.1) is 5.41 Å². The van der Waals surface area contributed by atoms with Crippen LogP contribution in [0.3, 0.4) is 0 Å². The largest absolute Gasteiger partial charge is 0.409 e. The molecule has 1 heterocycles. The van der Waals surface area contributed by atoms with Crippen molar-refractivity contribution in [2.45, 2.75) is 13.8 Å². The molecule has 1 aromatic rings. The number of aromatic nitrogens is 2. The highest BCUT2D eigenvalue weighted by atomic mass is 16.4. The summed E-state index contributed by atoms with van der Waals surface area (Å²) in [5.74, 6) is -0.442. The number of H-pyrrole nitrogens is 1. The van der Waals surface area contributed by atoms with Crippen LogP contribution >= 0.6 is 0 Å². The molecule has 0 atom stereocenters. The molecule has 0 aromatic carbocycles. The van der Waals surface area contributed by atoms with Crippen LogP contribution in [0.25, 0.3) is 0 Å². The van der Waals surface area contributed by atoms with Gasteiger partial charge in [0.1, 0.15) is 11.5 Å². The first-order chi connectivity index (χ1) is 8.36. The van der Waals surface area contributed by atoms with Crippen molar-refractivity contribution in [1.82, 2.24) is 15.5 Å². The van der Waals surface area contributed by atoms with E-state index < -0.39 is 11.3 Å². The van der Waals surface area contributed by atoms with E-state index in [1.54, 1.807) is 13.8 Å². The first-order valence-electron chi connectivity index (χ1n) is 5.19. The molecule has 8 heteroatoms. The summed E-state index contributed by atoms with van der Waals surface area (Å²) in [6.45, 7) is 3.59. The van der Waals surface area contributed by atoms with Crippen molar-refractivity contribution >= 4 is 11.7 Å². The average Bonchev–Trinajstić information content (AvgIpc) is 2.35. The quantitative estimate of drug-likeness (QED) is 0.243. The summed E-state index contributed by atoms with van der Waals surface area (Å²) in [7, 11) is 0. The summed E-state index contributed by atoms with van der Waals surface area (Å²) in [4.78, 5) is 22.5. The van der Waals surface area contributed by atoms with Crippen molar-refractivity contribution in [2.75, 3.05) is 6.54 Å². The fourth-order valence-corrected chi connectivity index (χ4v) is 1.09. The first-order valence-corrected chi connectivity index (χ1v) is 5.19. The second-order valence-corrected chi connectivity index (χ2v) is 4.36. The molecule has 0 fully saturated rings. The van der Waals surface area contributed by atoms with Gasteiger partial charge in [0.05, 0.1) is 0 Å². The number of nitrogens with two attached hydrogens (primary N) is 1. The third-order valence-corrected chi connectivity index (χ3v) is 2.40. The number of amides is 1. The van der Waals surface area contributed by atoms with Gasteiger partial charge >= 0.3 is 0 Å². The van der Waals surface area contributed by atoms with Crippen molar-refractivity contribution in [3.8, 4) is 0 Å². The van der Waals surface area contributed by atoms with Crippen molar-refractivity contribution in [3.05, 3.63) is 28.2 Å². The molecule has 1 amide bonds. The standard InChI is InChI=1S/C10H15N5O3/c1-10(2,9(11)15-18)5-12-8(17)6-3-4-7(16)14-13-6/h3-4,18H,5H2,1-2H3,(H2,11,15)(H,12,17)(H,14,16). The van der Waals surface area contributed by atoms with Crippen molar-refractivity contribution in [1.29, 1.82) is 0 Å². The summed E-state index contributed by atoms with van der Waals surface area (Å²) < 4.78 is 0. The topological polar surface area (TPSA) is 133 Å². The maximum absolute atomic E-state index is 11.7. The minimum Gasteiger partial charge on any atom is -0.409 e. The number of hydrogen-bond acceptors (Lipinski definition) is 5. The number of nitrogens with zero attached hydrogens (tertiary/aromatic N) is 2. The monoisotopic (exact) mass is 253 g/mol. The Morgan fingerprint density at radius 2 is 2.28 bits per heavy atom. The SMILES string of the molecule is CC(C)(CNC(=O)c1ccc(=O)[nH]n1)/C(N)=N/O. The lowest BCUT2D eigenvalue weighted by atomic mass is 9.92. The Hall–Kier alpha value is -2.38. The molecule has 0 spiro atoms. The average molecular weight is 253 g/mol. The molecular weight excluding hydrogens is 238 g/mol. The number of carbonyl (C=O) groups is 1. The Morgan fingerprint density at radius 1 is 1.61 bits per heavy atom. The molecule has 18 heavy (non-hydrogen) atoms. The number of amidine groups is 1. The number of carbonyl (C=O) groups excluding carboxylic acids is 1. The first kappa shape index (κ1) is 13.7. The van der Waals surface area contributed by atoms with Crippen molar-refractivity contribution in [2.24, 2.45) is 16.3 Å². The molecule has 1 rings (SSSR count). The maximum Gasteiger partial charge on any atom is 0.271 e. The maximum atomic E-state index is 11.7. The third-order valence-electron chi connectivity index (χ3n) is 2.40. The van der Waals surface area contributed by atoms with E-state index in [0.717, 1.165) is 0 Å². The highest BCUT2D eigenvalue weighted by molar-refractivity contribution is 5.93. The molecular formula is C10H15N5O3. The predicted octanol–water partition coefficient (Wildman–Crippen LogP) is -0.728. The van der Waals surface area contributed by atoms with Gasteiger partial charge in [-0.3, -0.25) is 9.59 Å². The molecule has 0 saturated heterocycles. The van der Waals surface area contributed by atoms with E-state index in [0.29, 0.717) is 0 Å². The number of nitrogens with one attached hydrogen (secondary N) is 2. The van der Waals surface area contributed by atoms with Crippen LogP contribution in [0.1, 0.15) is 24.3 Å². The Kier molecular flexibility index (Phi) is 4.03. The Bertz CT molecular complexity index is 500. The van der Waals surface area contributed by atoms with Gasteiger partial charge in [-0.2, -0.15) is 5.10 Å². The van der Waals surface area contributed by atoms with Crippen molar-refractivity contribution < 1.29 is 10.0 Å². The Labute approximate surface area is 103 Å². The molecule has 0 unspecified atom stereocenters. The van der Waals surface area contributed by atoms with Gasteiger partial charge in [-0.1, -0.05) is 19.0 Å². The highest BCUT2D eigenvalue weighted by Crippen LogP contribution is 2.13. The van der Waals surface area contributed by atoms with Crippen LogP contribution in [0.4, 0.5) is 0 Å². The van der Waals surface area contributed by atoms with Crippen LogP contribution in [0.2, 0.25) is 0 Å². The fraction of sp³-hybridized carbons (Fsp3) is 0.400. The van der Waals surface area contributed by atoms with E-state index in [4.69, 9.17) is 10.9 Å².